The van der Waals surface area contributed by atoms with Crippen molar-refractivity contribution in [2.24, 2.45) is 4.99 Å². The molecule has 6 rings (SSSR count). The molecule has 0 atom stereocenters. The van der Waals surface area contributed by atoms with E-state index in [0.717, 1.165) is 24.9 Å². The molecule has 2 aliphatic rings. The summed E-state index contributed by atoms with van der Waals surface area (Å²) in [7, 11) is 0. The summed E-state index contributed by atoms with van der Waals surface area (Å²) >= 11 is 0. The highest BCUT2D eigenvalue weighted by molar-refractivity contribution is 6.22. The number of hydrogen-bond acceptors (Lipinski definition) is 7. The summed E-state index contributed by atoms with van der Waals surface area (Å²) in [6, 6.07) is 18.3. The minimum absolute atomic E-state index is 0.125. The number of likely N-dealkylation sites (tertiary alicyclic amines) is 1. The second-order valence-electron chi connectivity index (χ2n) is 10.6. The summed E-state index contributed by atoms with van der Waals surface area (Å²) in [6.45, 7) is 1.41. The highest BCUT2D eigenvalue weighted by Crippen LogP contribution is 2.34. The lowest BCUT2D eigenvalue weighted by Crippen LogP contribution is -2.36. The van der Waals surface area contributed by atoms with Crippen LogP contribution >= 0.6 is 0 Å². The molecule has 0 saturated carbocycles. The predicted molar refractivity (Wildman–Crippen MR) is 164 cm³/mol. The number of carbonyl (C=O) groups excluding carboxylic acids is 3. The van der Waals surface area contributed by atoms with Crippen molar-refractivity contribution >= 4 is 51.9 Å². The van der Waals surface area contributed by atoms with Crippen LogP contribution in [0.1, 0.15) is 41.5 Å². The fourth-order valence-corrected chi connectivity index (χ4v) is 5.40. The Bertz CT molecular complexity index is 1860. The first-order chi connectivity index (χ1) is 21.2. The molecule has 0 aliphatic carbocycles. The maximum Gasteiger partial charge on any atom is 0.326 e. The summed E-state index contributed by atoms with van der Waals surface area (Å²) < 4.78 is 0. The van der Waals surface area contributed by atoms with E-state index < -0.39 is 16.9 Å². The summed E-state index contributed by atoms with van der Waals surface area (Å²) in [5, 5.41) is 27.6. The standard InChI is InChI=1S/C32H28N6O6/c39-27-3-1-2-15-37(27)16-14-19-4-8-21(9-5-19)29(28-24-18-23(38(43)44)12-13-25(24)34-31(28)41)33-22-10-6-20(7-11-22)17-26-30(40)36-32(42)35-26/h4-13,17-18,34,41H,1-3,14-16H2,(H2,35,36,40,42)/b26-17+,33-29?. The topological polar surface area (TPSA) is 170 Å². The van der Waals surface area contributed by atoms with Gasteiger partial charge in [0.05, 0.1) is 21.9 Å². The molecule has 3 aromatic carbocycles. The van der Waals surface area contributed by atoms with Crippen molar-refractivity contribution in [3.05, 3.63) is 105 Å². The fourth-order valence-electron chi connectivity index (χ4n) is 5.40. The molecule has 1 aromatic heterocycles. The third-order valence-electron chi connectivity index (χ3n) is 7.69. The molecule has 0 unspecified atom stereocenters. The zero-order chi connectivity index (χ0) is 30.8. The van der Waals surface area contributed by atoms with Gasteiger partial charge in [0.2, 0.25) is 5.91 Å². The van der Waals surface area contributed by atoms with Gasteiger partial charge >= 0.3 is 6.03 Å². The number of nitrogens with zero attached hydrogens (tertiary/aromatic N) is 3. The number of hydrogen-bond donors (Lipinski definition) is 4. The third-order valence-corrected chi connectivity index (χ3v) is 7.69. The lowest BCUT2D eigenvalue weighted by molar-refractivity contribution is -0.384. The van der Waals surface area contributed by atoms with Gasteiger partial charge in [-0.15, -0.1) is 0 Å². The first-order valence-electron chi connectivity index (χ1n) is 14.1. The van der Waals surface area contributed by atoms with Crippen LogP contribution in [0.15, 0.2) is 77.4 Å². The first-order valence-corrected chi connectivity index (χ1v) is 14.1. The maximum absolute atomic E-state index is 12.2. The zero-order valence-corrected chi connectivity index (χ0v) is 23.5. The number of non-ortho nitro benzene ring substituents is 1. The summed E-state index contributed by atoms with van der Waals surface area (Å²) in [5.41, 5.74) is 4.09. The number of carbonyl (C=O) groups is 3. The molecule has 0 radical (unpaired) electrons. The van der Waals surface area contributed by atoms with Crippen LogP contribution in [-0.2, 0) is 16.0 Å². The Kier molecular flexibility index (Phi) is 7.63. The maximum atomic E-state index is 12.2. The Morgan fingerprint density at radius 2 is 1.77 bits per heavy atom. The van der Waals surface area contributed by atoms with Gasteiger partial charge in [0.25, 0.3) is 11.6 Å². The number of piperidine rings is 1. The predicted octanol–water partition coefficient (Wildman–Crippen LogP) is 4.69. The van der Waals surface area contributed by atoms with Crippen LogP contribution in [0.25, 0.3) is 17.0 Å². The highest BCUT2D eigenvalue weighted by Gasteiger charge is 2.23. The summed E-state index contributed by atoms with van der Waals surface area (Å²) in [6.07, 6.45) is 4.77. The van der Waals surface area contributed by atoms with E-state index in [4.69, 9.17) is 4.99 Å². The van der Waals surface area contributed by atoms with Gasteiger partial charge in [-0.05, 0) is 54.7 Å². The van der Waals surface area contributed by atoms with Crippen LogP contribution in [0, 0.1) is 10.1 Å². The largest absolute Gasteiger partial charge is 0.494 e. The van der Waals surface area contributed by atoms with E-state index in [2.05, 4.69) is 15.6 Å². The molecular formula is C32H28N6O6. The highest BCUT2D eigenvalue weighted by atomic mass is 16.6. The molecule has 4 N–H and O–H groups in total. The number of nitro groups is 1. The monoisotopic (exact) mass is 592 g/mol. The second kappa shape index (κ2) is 11.8. The van der Waals surface area contributed by atoms with Crippen LogP contribution < -0.4 is 10.6 Å². The SMILES string of the molecule is O=C1NC(=O)/C(=C\c2ccc(N=C(c3ccc(CCN4CCCCC4=O)cc3)c3c(O)[nH]c4ccc([N+](=O)[O-])cc34)cc2)N1. The smallest absolute Gasteiger partial charge is 0.326 e. The molecule has 0 bridgehead atoms. The Balaban J connectivity index is 1.36. The lowest BCUT2D eigenvalue weighted by atomic mass is 9.98. The zero-order valence-electron chi connectivity index (χ0n) is 23.5. The Labute approximate surface area is 251 Å². The first kappa shape index (κ1) is 28.3. The Hall–Kier alpha value is -5.78. The van der Waals surface area contributed by atoms with Gasteiger partial charge < -0.3 is 20.3 Å². The number of amides is 4. The molecule has 44 heavy (non-hydrogen) atoms. The van der Waals surface area contributed by atoms with Crippen molar-refractivity contribution in [3.8, 4) is 5.88 Å². The molecule has 2 aliphatic heterocycles. The number of nitro benzene ring substituents is 1. The van der Waals surface area contributed by atoms with Gasteiger partial charge in [0, 0.05) is 48.1 Å². The van der Waals surface area contributed by atoms with Crippen LogP contribution in [0.2, 0.25) is 0 Å². The van der Waals surface area contributed by atoms with Gasteiger partial charge in [-0.25, -0.2) is 9.79 Å². The number of aromatic amines is 1. The van der Waals surface area contributed by atoms with Gasteiger partial charge in [0.1, 0.15) is 5.70 Å². The van der Waals surface area contributed by atoms with Crippen molar-refractivity contribution in [3.63, 3.8) is 0 Å². The number of H-pyrrole nitrogens is 1. The average Bonchev–Trinajstić information content (AvgIpc) is 3.52. The molecular weight excluding hydrogens is 564 g/mol. The number of fused-ring (bicyclic) bond motifs is 1. The molecule has 2 saturated heterocycles. The van der Waals surface area contributed by atoms with Crippen molar-refractivity contribution in [2.75, 3.05) is 13.1 Å². The van der Waals surface area contributed by atoms with E-state index >= 15 is 0 Å². The number of aromatic nitrogens is 1. The van der Waals surface area contributed by atoms with Crippen molar-refractivity contribution in [1.29, 1.82) is 0 Å². The summed E-state index contributed by atoms with van der Waals surface area (Å²) in [4.78, 5) is 56.2. The van der Waals surface area contributed by atoms with Crippen LogP contribution in [0.3, 0.4) is 0 Å². The second-order valence-corrected chi connectivity index (χ2v) is 10.6. The molecule has 2 fully saturated rings. The van der Waals surface area contributed by atoms with E-state index in [9.17, 15) is 29.6 Å². The van der Waals surface area contributed by atoms with Gasteiger partial charge in [-0.3, -0.25) is 25.0 Å². The van der Waals surface area contributed by atoms with Crippen molar-refractivity contribution in [2.45, 2.75) is 25.7 Å². The molecule has 0 spiro atoms. The number of imide groups is 1. The number of urea groups is 1. The van der Waals surface area contributed by atoms with Crippen LogP contribution in [0.5, 0.6) is 5.88 Å². The van der Waals surface area contributed by atoms with E-state index in [1.165, 1.54) is 18.2 Å². The summed E-state index contributed by atoms with van der Waals surface area (Å²) in [5.74, 6) is -0.518. The number of aromatic hydroxyl groups is 1. The molecule has 12 heteroatoms. The molecule has 222 valence electrons. The molecule has 12 nitrogen and oxygen atoms in total. The minimum Gasteiger partial charge on any atom is -0.494 e. The van der Waals surface area contributed by atoms with E-state index in [-0.39, 0.29) is 23.2 Å². The normalized spacial score (nSPS) is 16.5. The van der Waals surface area contributed by atoms with Crippen molar-refractivity contribution in [1.82, 2.24) is 20.5 Å². The van der Waals surface area contributed by atoms with Crippen LogP contribution in [-0.4, -0.2) is 56.6 Å². The number of nitrogens with one attached hydrogen (secondary N) is 3. The average molecular weight is 593 g/mol. The van der Waals surface area contributed by atoms with E-state index in [0.29, 0.717) is 58.4 Å². The molecule has 3 heterocycles. The van der Waals surface area contributed by atoms with Gasteiger partial charge in [-0.2, -0.15) is 0 Å². The van der Waals surface area contributed by atoms with Gasteiger partial charge in [-0.1, -0.05) is 36.4 Å². The quantitative estimate of drug-likeness (QED) is 0.0761. The fraction of sp³-hybridized carbons (Fsp3) is 0.188. The Morgan fingerprint density at radius 1 is 1.00 bits per heavy atom. The van der Waals surface area contributed by atoms with Crippen molar-refractivity contribution < 1.29 is 24.4 Å². The number of benzene rings is 3. The lowest BCUT2D eigenvalue weighted by Gasteiger charge is -2.26. The molecule has 4 amide bonds. The molecule has 4 aromatic rings. The minimum atomic E-state index is -0.586. The Morgan fingerprint density at radius 3 is 2.45 bits per heavy atom. The number of rotatable bonds is 8. The van der Waals surface area contributed by atoms with Gasteiger partial charge in [0.15, 0.2) is 5.88 Å². The van der Waals surface area contributed by atoms with Crippen LogP contribution in [0.4, 0.5) is 16.2 Å². The number of aliphatic imine (C=N–C) groups is 1. The van der Waals surface area contributed by atoms with E-state index in [1.54, 1.807) is 30.3 Å². The third kappa shape index (κ3) is 5.91. The van der Waals surface area contributed by atoms with E-state index in [1.807, 2.05) is 29.2 Å².